The van der Waals surface area contributed by atoms with E-state index in [1.54, 1.807) is 0 Å². The number of nitrogens with zero attached hydrogens (tertiary/aromatic N) is 1. The van der Waals surface area contributed by atoms with Crippen molar-refractivity contribution in [3.63, 3.8) is 0 Å². The Labute approximate surface area is 122 Å². The molecule has 2 rings (SSSR count). The fraction of sp³-hybridized carbons (Fsp3) is 0.500. The van der Waals surface area contributed by atoms with Crippen molar-refractivity contribution in [2.24, 2.45) is 0 Å². The Morgan fingerprint density at radius 1 is 1.37 bits per heavy atom. The summed E-state index contributed by atoms with van der Waals surface area (Å²) in [6.07, 6.45) is 0. The van der Waals surface area contributed by atoms with E-state index in [9.17, 15) is 4.79 Å². The highest BCUT2D eigenvalue weighted by molar-refractivity contribution is 9.10. The number of ether oxygens (including phenoxy) is 1. The van der Waals surface area contributed by atoms with Crippen LogP contribution in [0.5, 0.6) is 0 Å². The summed E-state index contributed by atoms with van der Waals surface area (Å²) in [5.74, 6) is -0.148. The third kappa shape index (κ3) is 4.30. The number of esters is 1. The standard InChI is InChI=1S/C14H19BrN2O2/c1-11(17-8-6-16-7-9-17)14(18)19-10-12-2-4-13(15)5-3-12/h2-5,11,16H,6-10H2,1H3. The molecule has 0 spiro atoms. The number of benzene rings is 1. The molecule has 1 aromatic carbocycles. The summed E-state index contributed by atoms with van der Waals surface area (Å²) in [7, 11) is 0. The van der Waals surface area contributed by atoms with Gasteiger partial charge in [0.2, 0.25) is 0 Å². The summed E-state index contributed by atoms with van der Waals surface area (Å²) in [5.41, 5.74) is 1.00. The molecule has 0 aliphatic carbocycles. The Morgan fingerprint density at radius 2 is 2.00 bits per heavy atom. The van der Waals surface area contributed by atoms with E-state index in [0.717, 1.165) is 36.2 Å². The Hall–Kier alpha value is -0.910. The van der Waals surface area contributed by atoms with Gasteiger partial charge in [0.05, 0.1) is 0 Å². The highest BCUT2D eigenvalue weighted by Gasteiger charge is 2.23. The summed E-state index contributed by atoms with van der Waals surface area (Å²) in [6.45, 7) is 5.91. The van der Waals surface area contributed by atoms with Gasteiger partial charge in [-0.3, -0.25) is 9.69 Å². The number of hydrogen-bond acceptors (Lipinski definition) is 4. The summed E-state index contributed by atoms with van der Waals surface area (Å²) in [4.78, 5) is 14.1. The number of carbonyl (C=O) groups is 1. The fourth-order valence-electron chi connectivity index (χ4n) is 2.07. The first-order valence-electron chi connectivity index (χ1n) is 6.52. The predicted molar refractivity (Wildman–Crippen MR) is 77.8 cm³/mol. The molecule has 0 radical (unpaired) electrons. The first-order chi connectivity index (χ1) is 9.16. The van der Waals surface area contributed by atoms with Crippen molar-refractivity contribution in [1.82, 2.24) is 10.2 Å². The van der Waals surface area contributed by atoms with Crippen molar-refractivity contribution in [2.75, 3.05) is 26.2 Å². The van der Waals surface area contributed by atoms with Crippen molar-refractivity contribution in [2.45, 2.75) is 19.6 Å². The molecule has 1 fully saturated rings. The van der Waals surface area contributed by atoms with E-state index in [1.807, 2.05) is 31.2 Å². The molecule has 1 saturated heterocycles. The molecule has 0 saturated carbocycles. The van der Waals surface area contributed by atoms with Gasteiger partial charge < -0.3 is 10.1 Å². The Balaban J connectivity index is 1.81. The first kappa shape index (κ1) is 14.5. The monoisotopic (exact) mass is 326 g/mol. The van der Waals surface area contributed by atoms with Gasteiger partial charge in [-0.2, -0.15) is 0 Å². The van der Waals surface area contributed by atoms with E-state index in [4.69, 9.17) is 4.74 Å². The lowest BCUT2D eigenvalue weighted by Gasteiger charge is -2.31. The van der Waals surface area contributed by atoms with Gasteiger partial charge in [-0.05, 0) is 24.6 Å². The molecule has 5 heteroatoms. The summed E-state index contributed by atoms with van der Waals surface area (Å²) >= 11 is 3.38. The largest absolute Gasteiger partial charge is 0.460 e. The average molecular weight is 327 g/mol. The van der Waals surface area contributed by atoms with Crippen LogP contribution in [0.25, 0.3) is 0 Å². The van der Waals surface area contributed by atoms with Crippen LogP contribution in [0.2, 0.25) is 0 Å². The maximum atomic E-state index is 12.0. The molecule has 1 aromatic rings. The molecular formula is C14H19BrN2O2. The van der Waals surface area contributed by atoms with Crippen LogP contribution in [0.1, 0.15) is 12.5 Å². The molecule has 0 amide bonds. The van der Waals surface area contributed by atoms with Gasteiger partial charge in [-0.1, -0.05) is 28.1 Å². The number of hydrogen-bond donors (Lipinski definition) is 1. The summed E-state index contributed by atoms with van der Waals surface area (Å²) in [6, 6.07) is 7.63. The highest BCUT2D eigenvalue weighted by atomic mass is 79.9. The summed E-state index contributed by atoms with van der Waals surface area (Å²) in [5, 5.41) is 3.27. The van der Waals surface area contributed by atoms with Crippen LogP contribution in [0, 0.1) is 0 Å². The van der Waals surface area contributed by atoms with Crippen LogP contribution in [0.4, 0.5) is 0 Å². The average Bonchev–Trinajstić information content (AvgIpc) is 2.46. The smallest absolute Gasteiger partial charge is 0.323 e. The van der Waals surface area contributed by atoms with Crippen molar-refractivity contribution in [3.05, 3.63) is 34.3 Å². The minimum Gasteiger partial charge on any atom is -0.460 e. The maximum Gasteiger partial charge on any atom is 0.323 e. The number of nitrogens with one attached hydrogen (secondary N) is 1. The Morgan fingerprint density at radius 3 is 2.63 bits per heavy atom. The lowest BCUT2D eigenvalue weighted by atomic mass is 10.2. The number of rotatable bonds is 4. The highest BCUT2D eigenvalue weighted by Crippen LogP contribution is 2.12. The van der Waals surface area contributed by atoms with E-state index in [1.165, 1.54) is 0 Å². The zero-order valence-corrected chi connectivity index (χ0v) is 12.6. The molecule has 0 bridgehead atoms. The van der Waals surface area contributed by atoms with E-state index < -0.39 is 0 Å². The third-order valence-electron chi connectivity index (χ3n) is 3.33. The Bertz CT molecular complexity index is 416. The molecule has 4 nitrogen and oxygen atoms in total. The molecule has 1 aliphatic heterocycles. The van der Waals surface area contributed by atoms with Crippen LogP contribution in [0.3, 0.4) is 0 Å². The minimum atomic E-state index is -0.169. The quantitative estimate of drug-likeness (QED) is 0.856. The number of carbonyl (C=O) groups excluding carboxylic acids is 1. The topological polar surface area (TPSA) is 41.6 Å². The van der Waals surface area contributed by atoms with E-state index >= 15 is 0 Å². The maximum absolute atomic E-state index is 12.0. The zero-order chi connectivity index (χ0) is 13.7. The van der Waals surface area contributed by atoms with Gasteiger partial charge in [0, 0.05) is 30.7 Å². The van der Waals surface area contributed by atoms with Gasteiger partial charge >= 0.3 is 5.97 Å². The molecule has 1 N–H and O–H groups in total. The van der Waals surface area contributed by atoms with Crippen molar-refractivity contribution in [1.29, 1.82) is 0 Å². The van der Waals surface area contributed by atoms with Crippen LogP contribution in [-0.4, -0.2) is 43.1 Å². The van der Waals surface area contributed by atoms with Crippen LogP contribution >= 0.6 is 15.9 Å². The van der Waals surface area contributed by atoms with Crippen molar-refractivity contribution >= 4 is 21.9 Å². The van der Waals surface area contributed by atoms with E-state index in [2.05, 4.69) is 26.1 Å². The normalized spacial score (nSPS) is 18.0. The lowest BCUT2D eigenvalue weighted by Crippen LogP contribution is -2.50. The minimum absolute atomic E-state index is 0.148. The second-order valence-electron chi connectivity index (χ2n) is 4.70. The molecular weight excluding hydrogens is 308 g/mol. The first-order valence-corrected chi connectivity index (χ1v) is 7.32. The van der Waals surface area contributed by atoms with Crippen molar-refractivity contribution < 1.29 is 9.53 Å². The third-order valence-corrected chi connectivity index (χ3v) is 3.86. The summed E-state index contributed by atoms with van der Waals surface area (Å²) < 4.78 is 6.39. The molecule has 19 heavy (non-hydrogen) atoms. The number of halogens is 1. The molecule has 1 heterocycles. The predicted octanol–water partition coefficient (Wildman–Crippen LogP) is 1.79. The van der Waals surface area contributed by atoms with Crippen LogP contribution < -0.4 is 5.32 Å². The van der Waals surface area contributed by atoms with Gasteiger partial charge in [0.15, 0.2) is 0 Å². The molecule has 104 valence electrons. The fourth-order valence-corrected chi connectivity index (χ4v) is 2.34. The molecule has 1 unspecified atom stereocenters. The second kappa shape index (κ2) is 7.03. The van der Waals surface area contributed by atoms with Crippen LogP contribution in [-0.2, 0) is 16.1 Å². The molecule has 1 atom stereocenters. The van der Waals surface area contributed by atoms with Crippen molar-refractivity contribution in [3.8, 4) is 0 Å². The van der Waals surface area contributed by atoms with E-state index in [0.29, 0.717) is 6.61 Å². The van der Waals surface area contributed by atoms with Crippen LogP contribution in [0.15, 0.2) is 28.7 Å². The number of piperazine rings is 1. The van der Waals surface area contributed by atoms with Gasteiger partial charge in [0.1, 0.15) is 12.6 Å². The van der Waals surface area contributed by atoms with Gasteiger partial charge in [0.25, 0.3) is 0 Å². The zero-order valence-electron chi connectivity index (χ0n) is 11.1. The Kier molecular flexibility index (Phi) is 5.36. The molecule has 1 aliphatic rings. The van der Waals surface area contributed by atoms with Gasteiger partial charge in [-0.25, -0.2) is 0 Å². The van der Waals surface area contributed by atoms with Gasteiger partial charge in [-0.15, -0.1) is 0 Å². The SMILES string of the molecule is CC(C(=O)OCc1ccc(Br)cc1)N1CCNCC1. The lowest BCUT2D eigenvalue weighted by molar-refractivity contribution is -0.151. The second-order valence-corrected chi connectivity index (χ2v) is 5.61. The van der Waals surface area contributed by atoms with E-state index in [-0.39, 0.29) is 12.0 Å². The molecule has 0 aromatic heterocycles.